The summed E-state index contributed by atoms with van der Waals surface area (Å²) >= 11 is 1.43. The molecule has 1 unspecified atom stereocenters. The Morgan fingerprint density at radius 3 is 2.78 bits per heavy atom. The van der Waals surface area contributed by atoms with Gasteiger partial charge in [0.05, 0.1) is 10.8 Å². The van der Waals surface area contributed by atoms with E-state index < -0.39 is 0 Å². The number of aryl methyl sites for hydroxylation is 2. The summed E-state index contributed by atoms with van der Waals surface area (Å²) in [5, 5.41) is 9.98. The standard InChI is InChI=1S/C22H23N3OS/c1-15(22(26)25-11-10-16-6-2-3-8-18(16)14-25)27-21-19(13-23)12-17-7-4-5-9-20(17)24-21/h2-3,6,8,12,15H,4-5,7,9-11,14H2,1H3. The van der Waals surface area contributed by atoms with Crippen LogP contribution < -0.4 is 0 Å². The molecule has 1 atom stereocenters. The van der Waals surface area contributed by atoms with Gasteiger partial charge in [0.1, 0.15) is 11.1 Å². The fraction of sp³-hybridized carbons (Fsp3) is 0.409. The Morgan fingerprint density at radius 1 is 1.19 bits per heavy atom. The summed E-state index contributed by atoms with van der Waals surface area (Å²) < 4.78 is 0. The largest absolute Gasteiger partial charge is 0.337 e. The first-order chi connectivity index (χ1) is 13.2. The van der Waals surface area contributed by atoms with Crippen molar-refractivity contribution in [3.8, 4) is 6.07 Å². The zero-order valence-corrected chi connectivity index (χ0v) is 16.4. The molecule has 2 heterocycles. The lowest BCUT2D eigenvalue weighted by atomic mass is 9.95. The van der Waals surface area contributed by atoms with E-state index in [1.165, 1.54) is 28.5 Å². The van der Waals surface area contributed by atoms with Crippen LogP contribution in [0.4, 0.5) is 0 Å². The van der Waals surface area contributed by atoms with Crippen LogP contribution in [0.3, 0.4) is 0 Å². The number of hydrogen-bond acceptors (Lipinski definition) is 4. The number of aromatic nitrogens is 1. The highest BCUT2D eigenvalue weighted by Crippen LogP contribution is 2.31. The molecule has 5 heteroatoms. The quantitative estimate of drug-likeness (QED) is 0.761. The average molecular weight is 378 g/mol. The lowest BCUT2D eigenvalue weighted by molar-refractivity contribution is -0.131. The van der Waals surface area contributed by atoms with Gasteiger partial charge in [-0.3, -0.25) is 4.79 Å². The number of pyridine rings is 1. The minimum Gasteiger partial charge on any atom is -0.337 e. The predicted octanol–water partition coefficient (Wildman–Crippen LogP) is 3.90. The smallest absolute Gasteiger partial charge is 0.236 e. The van der Waals surface area contributed by atoms with Crippen LogP contribution in [0.25, 0.3) is 0 Å². The fourth-order valence-corrected chi connectivity index (χ4v) is 4.92. The van der Waals surface area contributed by atoms with E-state index in [0.717, 1.165) is 44.3 Å². The fourth-order valence-electron chi connectivity index (χ4n) is 3.94. The Labute approximate surface area is 164 Å². The number of carbonyl (C=O) groups excluding carboxylic acids is 1. The topological polar surface area (TPSA) is 57.0 Å². The van der Waals surface area contributed by atoms with Gasteiger partial charge in [-0.1, -0.05) is 36.0 Å². The first-order valence-electron chi connectivity index (χ1n) is 9.61. The number of hydrogen-bond donors (Lipinski definition) is 0. The summed E-state index contributed by atoms with van der Waals surface area (Å²) in [5.41, 5.74) is 5.48. The third-order valence-corrected chi connectivity index (χ3v) is 6.55. The van der Waals surface area contributed by atoms with Gasteiger partial charge in [0, 0.05) is 18.8 Å². The molecular weight excluding hydrogens is 354 g/mol. The Bertz CT molecular complexity index is 918. The van der Waals surface area contributed by atoms with Crippen LogP contribution in [0.5, 0.6) is 0 Å². The second kappa shape index (κ2) is 7.74. The monoisotopic (exact) mass is 377 g/mol. The molecule has 0 saturated carbocycles. The van der Waals surface area contributed by atoms with Gasteiger partial charge in [0.2, 0.25) is 5.91 Å². The molecule has 0 N–H and O–H groups in total. The van der Waals surface area contributed by atoms with Gasteiger partial charge in [0.15, 0.2) is 0 Å². The molecule has 0 radical (unpaired) electrons. The third kappa shape index (κ3) is 3.72. The summed E-state index contributed by atoms with van der Waals surface area (Å²) in [5.74, 6) is 0.123. The number of benzene rings is 1. The molecule has 1 aliphatic carbocycles. The molecule has 1 aliphatic heterocycles. The lowest BCUT2D eigenvalue weighted by Crippen LogP contribution is -2.40. The number of nitriles is 1. The zero-order valence-electron chi connectivity index (χ0n) is 15.6. The highest BCUT2D eigenvalue weighted by Gasteiger charge is 2.27. The molecule has 0 saturated heterocycles. The van der Waals surface area contributed by atoms with E-state index in [9.17, 15) is 10.1 Å². The zero-order chi connectivity index (χ0) is 18.8. The second-order valence-corrected chi connectivity index (χ2v) is 8.63. The molecule has 138 valence electrons. The Kier molecular flexibility index (Phi) is 5.18. The maximum absolute atomic E-state index is 13.0. The molecular formula is C22H23N3OS. The summed E-state index contributed by atoms with van der Waals surface area (Å²) in [6, 6.07) is 12.6. The van der Waals surface area contributed by atoms with Gasteiger partial charge in [-0.2, -0.15) is 5.26 Å². The van der Waals surface area contributed by atoms with Crippen molar-refractivity contribution in [2.24, 2.45) is 0 Å². The number of nitrogens with zero attached hydrogens (tertiary/aromatic N) is 3. The molecule has 1 amide bonds. The van der Waals surface area contributed by atoms with Gasteiger partial charge in [-0.05, 0) is 61.8 Å². The van der Waals surface area contributed by atoms with Gasteiger partial charge < -0.3 is 4.90 Å². The summed E-state index contributed by atoms with van der Waals surface area (Å²) in [4.78, 5) is 19.7. The van der Waals surface area contributed by atoms with E-state index in [2.05, 4.69) is 24.3 Å². The van der Waals surface area contributed by atoms with E-state index in [0.29, 0.717) is 17.1 Å². The van der Waals surface area contributed by atoms with Crippen LogP contribution in [0.15, 0.2) is 35.4 Å². The number of rotatable bonds is 3. The molecule has 2 aromatic rings. The summed E-state index contributed by atoms with van der Waals surface area (Å²) in [7, 11) is 0. The average Bonchev–Trinajstić information content (AvgIpc) is 2.72. The minimum absolute atomic E-state index is 0.123. The number of amides is 1. The van der Waals surface area contributed by atoms with Crippen molar-refractivity contribution in [3.05, 3.63) is 58.3 Å². The van der Waals surface area contributed by atoms with Crippen LogP contribution in [0.1, 0.15) is 47.7 Å². The van der Waals surface area contributed by atoms with Gasteiger partial charge in [0.25, 0.3) is 0 Å². The molecule has 4 rings (SSSR count). The van der Waals surface area contributed by atoms with Crippen LogP contribution in [0, 0.1) is 11.3 Å². The van der Waals surface area contributed by atoms with E-state index in [1.54, 1.807) is 0 Å². The third-order valence-electron chi connectivity index (χ3n) is 5.46. The van der Waals surface area contributed by atoms with Crippen molar-refractivity contribution in [2.75, 3.05) is 6.54 Å². The molecule has 0 fully saturated rings. The second-order valence-electron chi connectivity index (χ2n) is 7.30. The van der Waals surface area contributed by atoms with Crippen LogP contribution in [-0.4, -0.2) is 27.6 Å². The predicted molar refractivity (Wildman–Crippen MR) is 106 cm³/mol. The SMILES string of the molecule is CC(Sc1nc2c(cc1C#N)CCCC2)C(=O)N1CCc2ccccc2C1. The van der Waals surface area contributed by atoms with E-state index in [1.807, 2.05) is 24.0 Å². The number of thioether (sulfide) groups is 1. The van der Waals surface area contributed by atoms with Gasteiger partial charge in [-0.15, -0.1) is 0 Å². The molecule has 0 bridgehead atoms. The van der Waals surface area contributed by atoms with Crippen molar-refractivity contribution >= 4 is 17.7 Å². The summed E-state index contributed by atoms with van der Waals surface area (Å²) in [6.07, 6.45) is 5.19. The molecule has 1 aromatic heterocycles. The highest BCUT2D eigenvalue weighted by atomic mass is 32.2. The minimum atomic E-state index is -0.253. The van der Waals surface area contributed by atoms with Crippen molar-refractivity contribution < 1.29 is 4.79 Å². The Hall–Kier alpha value is -2.32. The number of carbonyl (C=O) groups is 1. The van der Waals surface area contributed by atoms with E-state index in [4.69, 9.17) is 4.98 Å². The lowest BCUT2D eigenvalue weighted by Gasteiger charge is -2.30. The summed E-state index contributed by atoms with van der Waals surface area (Å²) in [6.45, 7) is 3.35. The van der Waals surface area contributed by atoms with Crippen molar-refractivity contribution in [1.29, 1.82) is 5.26 Å². The van der Waals surface area contributed by atoms with Crippen LogP contribution in [-0.2, 0) is 30.6 Å². The van der Waals surface area contributed by atoms with E-state index in [-0.39, 0.29) is 11.2 Å². The van der Waals surface area contributed by atoms with Crippen molar-refractivity contribution in [1.82, 2.24) is 9.88 Å². The highest BCUT2D eigenvalue weighted by molar-refractivity contribution is 8.00. The van der Waals surface area contributed by atoms with Crippen molar-refractivity contribution in [3.63, 3.8) is 0 Å². The molecule has 0 spiro atoms. The maximum Gasteiger partial charge on any atom is 0.236 e. The maximum atomic E-state index is 13.0. The normalized spacial score (nSPS) is 16.8. The Balaban J connectivity index is 1.50. The Morgan fingerprint density at radius 2 is 1.96 bits per heavy atom. The molecule has 1 aromatic carbocycles. The first-order valence-corrected chi connectivity index (χ1v) is 10.5. The first kappa shape index (κ1) is 18.1. The van der Waals surface area contributed by atoms with Crippen LogP contribution in [0.2, 0.25) is 0 Å². The molecule has 4 nitrogen and oxygen atoms in total. The van der Waals surface area contributed by atoms with E-state index >= 15 is 0 Å². The molecule has 27 heavy (non-hydrogen) atoms. The van der Waals surface area contributed by atoms with Crippen molar-refractivity contribution in [2.45, 2.75) is 55.8 Å². The van der Waals surface area contributed by atoms with Gasteiger partial charge in [-0.25, -0.2) is 4.98 Å². The van der Waals surface area contributed by atoms with Gasteiger partial charge >= 0.3 is 0 Å². The number of fused-ring (bicyclic) bond motifs is 2. The van der Waals surface area contributed by atoms with Crippen LogP contribution >= 0.6 is 11.8 Å². The molecule has 2 aliphatic rings.